The van der Waals surface area contributed by atoms with Gasteiger partial charge in [0.1, 0.15) is 0 Å². The lowest BCUT2D eigenvalue weighted by atomic mass is 9.70. The highest BCUT2D eigenvalue weighted by Crippen LogP contribution is 2.50. The predicted molar refractivity (Wildman–Crippen MR) is 79.4 cm³/mol. The summed E-state index contributed by atoms with van der Waals surface area (Å²) >= 11 is 0. The van der Waals surface area contributed by atoms with Crippen molar-refractivity contribution in [3.05, 3.63) is 12.4 Å². The summed E-state index contributed by atoms with van der Waals surface area (Å²) in [5.41, 5.74) is 0.710. The van der Waals surface area contributed by atoms with Crippen LogP contribution in [0.2, 0.25) is 0 Å². The molecule has 0 unspecified atom stereocenters. The topological polar surface area (TPSA) is 45.5 Å². The third kappa shape index (κ3) is 2.07. The third-order valence-electron chi connectivity index (χ3n) is 5.62. The quantitative estimate of drug-likeness (QED) is 0.789. The molecule has 0 radical (unpaired) electrons. The summed E-state index contributed by atoms with van der Waals surface area (Å²) < 4.78 is 19.8. The van der Waals surface area contributed by atoms with Crippen molar-refractivity contribution in [1.82, 2.24) is 9.78 Å². The van der Waals surface area contributed by atoms with Crippen molar-refractivity contribution in [2.75, 3.05) is 6.61 Å². The maximum atomic E-state index is 6.07. The van der Waals surface area contributed by atoms with Crippen LogP contribution in [0, 0.1) is 5.41 Å². The third-order valence-corrected chi connectivity index (χ3v) is 5.62. The van der Waals surface area contributed by atoms with Gasteiger partial charge in [-0.15, -0.1) is 0 Å². The van der Waals surface area contributed by atoms with E-state index in [1.54, 1.807) is 0 Å². The fraction of sp³-hybridized carbons (Fsp3) is 0.800. The summed E-state index contributed by atoms with van der Waals surface area (Å²) in [6.07, 6.45) is 6.79. The molecule has 0 atom stereocenters. The molecule has 0 spiro atoms. The summed E-state index contributed by atoms with van der Waals surface area (Å²) in [4.78, 5) is 0. The Morgan fingerprint density at radius 3 is 2.48 bits per heavy atom. The van der Waals surface area contributed by atoms with E-state index in [9.17, 15) is 0 Å². The molecule has 114 valence electrons. The maximum absolute atomic E-state index is 6.07. The minimum Gasteiger partial charge on any atom is -0.399 e. The van der Waals surface area contributed by atoms with Crippen molar-refractivity contribution in [2.24, 2.45) is 5.41 Å². The minimum absolute atomic E-state index is 0.307. The largest absolute Gasteiger partial charge is 0.498 e. The van der Waals surface area contributed by atoms with Crippen LogP contribution in [0.4, 0.5) is 0 Å². The first kappa shape index (κ1) is 13.8. The Morgan fingerprint density at radius 2 is 1.90 bits per heavy atom. The predicted octanol–water partition coefficient (Wildman–Crippen LogP) is 1.36. The highest BCUT2D eigenvalue weighted by Gasteiger charge is 2.53. The fourth-order valence-electron chi connectivity index (χ4n) is 3.52. The van der Waals surface area contributed by atoms with Crippen LogP contribution in [0.3, 0.4) is 0 Å². The van der Waals surface area contributed by atoms with Gasteiger partial charge >= 0.3 is 7.12 Å². The van der Waals surface area contributed by atoms with Gasteiger partial charge in [-0.25, -0.2) is 0 Å². The van der Waals surface area contributed by atoms with E-state index in [-0.39, 0.29) is 18.3 Å². The second-order valence-electron chi connectivity index (χ2n) is 7.90. The molecule has 6 heteroatoms. The van der Waals surface area contributed by atoms with Crippen LogP contribution in [0.5, 0.6) is 0 Å². The van der Waals surface area contributed by atoms with Crippen LogP contribution in [0.15, 0.2) is 12.4 Å². The van der Waals surface area contributed by atoms with Crippen molar-refractivity contribution in [3.63, 3.8) is 0 Å². The number of hydrogen-bond donors (Lipinski definition) is 0. The molecule has 3 saturated heterocycles. The number of nitrogens with zero attached hydrogens (tertiary/aromatic N) is 2. The van der Waals surface area contributed by atoms with Crippen LogP contribution in [-0.2, 0) is 20.6 Å². The molecule has 0 aromatic carbocycles. The second-order valence-corrected chi connectivity index (χ2v) is 7.90. The average molecular weight is 290 g/mol. The number of hydrogen-bond acceptors (Lipinski definition) is 4. The zero-order valence-electron chi connectivity index (χ0n) is 13.3. The Hall–Kier alpha value is -0.845. The van der Waals surface area contributed by atoms with E-state index >= 15 is 0 Å². The van der Waals surface area contributed by atoms with Crippen LogP contribution in [0.1, 0.15) is 40.5 Å². The molecule has 3 aliphatic heterocycles. The molecular weight excluding hydrogens is 267 g/mol. The highest BCUT2D eigenvalue weighted by molar-refractivity contribution is 6.61. The van der Waals surface area contributed by atoms with Gasteiger partial charge in [-0.05, 0) is 40.5 Å². The highest BCUT2D eigenvalue weighted by atomic mass is 16.7. The Balaban J connectivity index is 1.48. The molecule has 21 heavy (non-hydrogen) atoms. The van der Waals surface area contributed by atoms with E-state index < -0.39 is 0 Å². The summed E-state index contributed by atoms with van der Waals surface area (Å²) in [6.45, 7) is 10.1. The first-order valence-corrected chi connectivity index (χ1v) is 7.78. The normalized spacial score (nSPS) is 36.0. The number of ether oxygens (including phenoxy) is 1. The van der Waals surface area contributed by atoms with E-state index in [0.717, 1.165) is 18.6 Å². The van der Waals surface area contributed by atoms with Crippen molar-refractivity contribution < 1.29 is 14.0 Å². The SMILES string of the molecule is CC1(C)OB(c2cnn(CC34COC(C3)C4)c2)OC1(C)C. The van der Waals surface area contributed by atoms with Crippen molar-refractivity contribution in [1.29, 1.82) is 0 Å². The number of rotatable bonds is 3. The van der Waals surface area contributed by atoms with E-state index in [4.69, 9.17) is 14.0 Å². The van der Waals surface area contributed by atoms with Gasteiger partial charge in [0.05, 0.1) is 23.9 Å². The van der Waals surface area contributed by atoms with E-state index in [0.29, 0.717) is 11.5 Å². The molecule has 5 rings (SSSR count). The molecule has 2 bridgehead atoms. The number of aromatic nitrogens is 2. The lowest BCUT2D eigenvalue weighted by molar-refractivity contribution is 0.00578. The first-order chi connectivity index (χ1) is 9.79. The van der Waals surface area contributed by atoms with Crippen molar-refractivity contribution in [3.8, 4) is 0 Å². The number of fused-ring (bicyclic) bond motifs is 1. The van der Waals surface area contributed by atoms with Crippen LogP contribution in [-0.4, -0.2) is 40.8 Å². The molecule has 5 nitrogen and oxygen atoms in total. The van der Waals surface area contributed by atoms with Gasteiger partial charge in [0.2, 0.25) is 0 Å². The van der Waals surface area contributed by atoms with Gasteiger partial charge in [0.15, 0.2) is 0 Å². The Labute approximate surface area is 126 Å². The van der Waals surface area contributed by atoms with Crippen molar-refractivity contribution in [2.45, 2.75) is 64.4 Å². The molecule has 4 aliphatic rings. The molecular formula is C15H23BN2O3. The van der Waals surface area contributed by atoms with Crippen molar-refractivity contribution >= 4 is 12.6 Å². The Kier molecular flexibility index (Phi) is 2.70. The van der Waals surface area contributed by atoms with Gasteiger partial charge in [-0.1, -0.05) is 0 Å². The van der Waals surface area contributed by atoms with Crippen LogP contribution >= 0.6 is 0 Å². The molecule has 1 aromatic rings. The van der Waals surface area contributed by atoms with Gasteiger partial charge in [0, 0.05) is 29.8 Å². The summed E-state index contributed by atoms with van der Waals surface area (Å²) in [5, 5.41) is 4.49. The smallest absolute Gasteiger partial charge is 0.399 e. The maximum Gasteiger partial charge on any atom is 0.498 e. The molecule has 4 heterocycles. The van der Waals surface area contributed by atoms with E-state index in [1.807, 2.05) is 10.9 Å². The average Bonchev–Trinajstić information content (AvgIpc) is 3.04. The standard InChI is InChI=1S/C15H23BN2O3/c1-13(2)14(3,4)21-16(20-13)11-7-17-18(8-11)9-15-5-12(6-15)19-10-15/h7-8,12H,5-6,9-10H2,1-4H3. The van der Waals surface area contributed by atoms with Gasteiger partial charge < -0.3 is 14.0 Å². The lowest BCUT2D eigenvalue weighted by Crippen LogP contribution is -2.41. The molecule has 1 saturated carbocycles. The van der Waals surface area contributed by atoms with Crippen LogP contribution < -0.4 is 5.46 Å². The lowest BCUT2D eigenvalue weighted by Gasteiger charge is -2.34. The minimum atomic E-state index is -0.324. The van der Waals surface area contributed by atoms with Crippen LogP contribution in [0.25, 0.3) is 0 Å². The monoisotopic (exact) mass is 290 g/mol. The summed E-state index contributed by atoms with van der Waals surface area (Å²) in [7, 11) is -0.324. The molecule has 1 aliphatic carbocycles. The van der Waals surface area contributed by atoms with E-state index in [1.165, 1.54) is 12.8 Å². The first-order valence-electron chi connectivity index (χ1n) is 7.78. The zero-order valence-corrected chi connectivity index (χ0v) is 13.3. The molecule has 0 amide bonds. The van der Waals surface area contributed by atoms with Gasteiger partial charge in [-0.3, -0.25) is 4.68 Å². The summed E-state index contributed by atoms with van der Waals surface area (Å²) in [5.74, 6) is 0. The molecule has 4 fully saturated rings. The van der Waals surface area contributed by atoms with Gasteiger partial charge in [-0.2, -0.15) is 5.10 Å². The second kappa shape index (κ2) is 4.12. The van der Waals surface area contributed by atoms with Gasteiger partial charge in [0.25, 0.3) is 0 Å². The van der Waals surface area contributed by atoms with E-state index in [2.05, 4.69) is 39.0 Å². The molecule has 1 aromatic heterocycles. The fourth-order valence-corrected chi connectivity index (χ4v) is 3.52. The Bertz CT molecular complexity index is 542. The zero-order chi connectivity index (χ0) is 14.9. The Morgan fingerprint density at radius 1 is 1.24 bits per heavy atom. The molecule has 0 N–H and O–H groups in total. The summed E-state index contributed by atoms with van der Waals surface area (Å²) in [6, 6.07) is 0.